The molecule has 37 heavy (non-hydrogen) atoms. The van der Waals surface area contributed by atoms with E-state index in [0.717, 1.165) is 23.2 Å². The highest BCUT2D eigenvalue weighted by atomic mass is 32.2. The first-order valence-electron chi connectivity index (χ1n) is 11.6. The minimum Gasteiger partial charge on any atom is -0.275 e. The minimum atomic E-state index is -0.413. The zero-order valence-electron chi connectivity index (χ0n) is 20.1. The molecule has 0 N–H and O–H groups in total. The number of thiazole rings is 1. The lowest BCUT2D eigenvalue weighted by Crippen LogP contribution is -2.21. The summed E-state index contributed by atoms with van der Waals surface area (Å²) < 4.78 is 4.46. The van der Waals surface area contributed by atoms with Crippen LogP contribution in [-0.4, -0.2) is 19.0 Å². The van der Waals surface area contributed by atoms with E-state index in [2.05, 4.69) is 6.92 Å². The fraction of sp³-hybridized carbons (Fsp3) is 0.148. The zero-order valence-corrected chi connectivity index (χ0v) is 22.5. The molecule has 0 aliphatic rings. The number of non-ortho nitro benzene ring substituents is 1. The average molecular weight is 547 g/mol. The molecule has 0 aliphatic carbocycles. The van der Waals surface area contributed by atoms with Crippen molar-refractivity contribution in [3.05, 3.63) is 114 Å². The van der Waals surface area contributed by atoms with Crippen LogP contribution in [0.4, 0.5) is 5.69 Å². The van der Waals surface area contributed by atoms with Gasteiger partial charge in [-0.05, 0) is 61.0 Å². The van der Waals surface area contributed by atoms with Crippen molar-refractivity contribution in [2.24, 2.45) is 0 Å². The summed E-state index contributed by atoms with van der Waals surface area (Å²) in [5.74, 6) is 0.404. The van der Waals surface area contributed by atoms with Crippen LogP contribution >= 0.6 is 35.3 Å². The third-order valence-electron chi connectivity index (χ3n) is 5.96. The normalized spacial score (nSPS) is 11.2. The summed E-state index contributed by atoms with van der Waals surface area (Å²) in [6, 6.07) is 22.2. The van der Waals surface area contributed by atoms with Crippen molar-refractivity contribution in [3.8, 4) is 11.4 Å². The summed E-state index contributed by atoms with van der Waals surface area (Å²) in [5, 5.41) is 11.7. The van der Waals surface area contributed by atoms with E-state index in [1.165, 1.54) is 34.7 Å². The molecule has 0 spiro atoms. The third kappa shape index (κ3) is 5.00. The summed E-state index contributed by atoms with van der Waals surface area (Å²) in [4.78, 5) is 29.6. The molecule has 2 aromatic heterocycles. The van der Waals surface area contributed by atoms with E-state index >= 15 is 0 Å². The molecule has 0 atom stereocenters. The van der Waals surface area contributed by atoms with Crippen LogP contribution in [0.3, 0.4) is 0 Å². The van der Waals surface area contributed by atoms with Crippen LogP contribution in [0, 0.1) is 21.0 Å². The Morgan fingerprint density at radius 2 is 1.68 bits per heavy atom. The molecular formula is C27H22N4O3S3. The van der Waals surface area contributed by atoms with Gasteiger partial charge in [-0.25, -0.2) is 4.98 Å². The van der Waals surface area contributed by atoms with Gasteiger partial charge in [0.05, 0.1) is 10.6 Å². The van der Waals surface area contributed by atoms with Gasteiger partial charge in [0.1, 0.15) is 4.70 Å². The van der Waals surface area contributed by atoms with Crippen molar-refractivity contribution < 1.29 is 4.92 Å². The molecule has 0 fully saturated rings. The number of aromatic nitrogens is 3. The van der Waals surface area contributed by atoms with E-state index in [1.807, 2.05) is 66.1 Å². The van der Waals surface area contributed by atoms with Gasteiger partial charge < -0.3 is 0 Å². The topological polar surface area (TPSA) is 83.0 Å². The molecule has 0 radical (unpaired) electrons. The molecule has 3 aromatic carbocycles. The predicted molar refractivity (Wildman–Crippen MR) is 152 cm³/mol. The van der Waals surface area contributed by atoms with Crippen LogP contribution in [0.1, 0.15) is 23.6 Å². The van der Waals surface area contributed by atoms with Crippen molar-refractivity contribution in [3.63, 3.8) is 0 Å². The smallest absolute Gasteiger partial charge is 0.275 e. The number of nitro groups is 1. The number of hydrogen-bond acceptors (Lipinski definition) is 7. The number of fused-ring (bicyclic) bond motifs is 1. The Bertz CT molecular complexity index is 1740. The molecule has 186 valence electrons. The Balaban J connectivity index is 1.67. The summed E-state index contributed by atoms with van der Waals surface area (Å²) in [5.41, 5.74) is 4.93. The van der Waals surface area contributed by atoms with E-state index in [4.69, 9.17) is 17.2 Å². The second kappa shape index (κ2) is 10.4. The maximum absolute atomic E-state index is 13.9. The van der Waals surface area contributed by atoms with Crippen LogP contribution < -0.4 is 5.56 Å². The van der Waals surface area contributed by atoms with Crippen molar-refractivity contribution in [1.29, 1.82) is 0 Å². The fourth-order valence-electron chi connectivity index (χ4n) is 3.97. The quantitative estimate of drug-likeness (QED) is 0.0716. The molecule has 5 aromatic rings. The minimum absolute atomic E-state index is 0.0272. The van der Waals surface area contributed by atoms with E-state index in [9.17, 15) is 14.9 Å². The highest BCUT2D eigenvalue weighted by Crippen LogP contribution is 2.30. The third-order valence-corrected chi connectivity index (χ3v) is 8.32. The monoisotopic (exact) mass is 546 g/mol. The highest BCUT2D eigenvalue weighted by Gasteiger charge is 2.19. The Morgan fingerprint density at radius 3 is 2.35 bits per heavy atom. The van der Waals surface area contributed by atoms with E-state index in [0.29, 0.717) is 30.9 Å². The Hall–Kier alpha value is -3.60. The van der Waals surface area contributed by atoms with Crippen molar-refractivity contribution >= 4 is 51.4 Å². The number of aryl methyl sites for hydroxylation is 2. The lowest BCUT2D eigenvalue weighted by atomic mass is 10.1. The second-order valence-electron chi connectivity index (χ2n) is 8.46. The molecule has 2 heterocycles. The Labute approximate surface area is 226 Å². The van der Waals surface area contributed by atoms with Crippen molar-refractivity contribution in [2.45, 2.75) is 31.2 Å². The molecule has 10 heteroatoms. The van der Waals surface area contributed by atoms with Gasteiger partial charge in [0.2, 0.25) is 0 Å². The van der Waals surface area contributed by atoms with Crippen LogP contribution in [0.5, 0.6) is 0 Å². The van der Waals surface area contributed by atoms with Crippen molar-refractivity contribution in [1.82, 2.24) is 14.1 Å². The van der Waals surface area contributed by atoms with Gasteiger partial charge in [-0.1, -0.05) is 72.0 Å². The number of hydrogen-bond donors (Lipinski definition) is 0. The van der Waals surface area contributed by atoms with Crippen LogP contribution in [-0.2, 0) is 12.2 Å². The van der Waals surface area contributed by atoms with Gasteiger partial charge in [-0.3, -0.25) is 24.0 Å². The largest absolute Gasteiger partial charge is 0.278 e. The summed E-state index contributed by atoms with van der Waals surface area (Å²) in [6.45, 7) is 4.09. The number of thioether (sulfide) groups is 1. The molecule has 0 saturated carbocycles. The lowest BCUT2D eigenvalue weighted by molar-refractivity contribution is -0.384. The summed E-state index contributed by atoms with van der Waals surface area (Å²) in [6.07, 6.45) is 0.925. The molecule has 0 saturated heterocycles. The first-order chi connectivity index (χ1) is 17.9. The number of nitrogens with zero attached hydrogens (tertiary/aromatic N) is 4. The summed E-state index contributed by atoms with van der Waals surface area (Å²) in [7, 11) is 0. The standard InChI is InChI=1S/C27H22N4O3S3/c1-3-18-9-13-20(14-10-18)29-24-23(37-27(29)35)25(32)30(21-11-7-17(2)8-12-21)26(28-24)36-16-19-5-4-6-22(15-19)31(33)34/h4-15H,3,16H2,1-2H3. The molecular weight excluding hydrogens is 525 g/mol. The van der Waals surface area contributed by atoms with Crippen LogP contribution in [0.25, 0.3) is 21.7 Å². The Morgan fingerprint density at radius 1 is 1.00 bits per heavy atom. The second-order valence-corrected chi connectivity index (χ2v) is 11.0. The SMILES string of the molecule is CCc1ccc(-n2c(=S)sc3c(=O)n(-c4ccc(C)cc4)c(SCc4cccc([N+](=O)[O-])c4)nc32)cc1. The number of benzene rings is 3. The van der Waals surface area contributed by atoms with Gasteiger partial charge in [0, 0.05) is 23.6 Å². The van der Waals surface area contributed by atoms with Crippen molar-refractivity contribution in [2.75, 3.05) is 0 Å². The van der Waals surface area contributed by atoms with Gasteiger partial charge in [-0.15, -0.1) is 0 Å². The van der Waals surface area contributed by atoms with Gasteiger partial charge in [-0.2, -0.15) is 0 Å². The van der Waals surface area contributed by atoms with Crippen LogP contribution in [0.2, 0.25) is 0 Å². The van der Waals surface area contributed by atoms with E-state index < -0.39 is 4.92 Å². The Kier molecular flexibility index (Phi) is 7.05. The molecule has 0 aliphatic heterocycles. The maximum atomic E-state index is 13.9. The number of rotatable bonds is 7. The summed E-state index contributed by atoms with van der Waals surface area (Å²) >= 11 is 8.28. The van der Waals surface area contributed by atoms with Gasteiger partial charge >= 0.3 is 0 Å². The average Bonchev–Trinajstić information content (AvgIpc) is 3.24. The zero-order chi connectivity index (χ0) is 26.1. The van der Waals surface area contributed by atoms with Gasteiger partial charge in [0.15, 0.2) is 14.8 Å². The van der Waals surface area contributed by atoms with E-state index in [1.54, 1.807) is 16.7 Å². The highest BCUT2D eigenvalue weighted by molar-refractivity contribution is 7.98. The fourth-order valence-corrected chi connectivity index (χ4v) is 6.22. The number of nitro benzene ring substituents is 1. The molecule has 7 nitrogen and oxygen atoms in total. The molecule has 0 unspecified atom stereocenters. The first-order valence-corrected chi connectivity index (χ1v) is 13.8. The molecule has 0 amide bonds. The van der Waals surface area contributed by atoms with Gasteiger partial charge in [0.25, 0.3) is 11.2 Å². The van der Waals surface area contributed by atoms with Crippen LogP contribution in [0.15, 0.2) is 82.7 Å². The molecule has 5 rings (SSSR count). The molecule has 0 bridgehead atoms. The maximum Gasteiger partial charge on any atom is 0.278 e. The first kappa shape index (κ1) is 25.1. The lowest BCUT2D eigenvalue weighted by Gasteiger charge is -2.13. The predicted octanol–water partition coefficient (Wildman–Crippen LogP) is 7.04. The van der Waals surface area contributed by atoms with E-state index in [-0.39, 0.29) is 11.2 Å².